The fourth-order valence-corrected chi connectivity index (χ4v) is 5.86. The summed E-state index contributed by atoms with van der Waals surface area (Å²) in [6.45, 7) is 11.0. The molecule has 1 aromatic rings. The van der Waals surface area contributed by atoms with Crippen LogP contribution in [0.25, 0.3) is 0 Å². The average Bonchev–Trinajstić information content (AvgIpc) is 2.91. The number of nitrogens with zero attached hydrogens (tertiary/aromatic N) is 1. The van der Waals surface area contributed by atoms with Crippen molar-refractivity contribution in [2.75, 3.05) is 14.1 Å². The van der Waals surface area contributed by atoms with Gasteiger partial charge in [-0.15, -0.1) is 0 Å². The Labute approximate surface area is 153 Å². The van der Waals surface area contributed by atoms with E-state index in [-0.39, 0.29) is 17.2 Å². The van der Waals surface area contributed by atoms with Gasteiger partial charge >= 0.3 is 0 Å². The van der Waals surface area contributed by atoms with Crippen LogP contribution >= 0.6 is 0 Å². The summed E-state index contributed by atoms with van der Waals surface area (Å²) in [5.41, 5.74) is 0. The molecule has 0 spiro atoms. The molecule has 0 amide bonds. The number of sulfone groups is 1. The topological polar surface area (TPSA) is 46.6 Å². The Balaban J connectivity index is 2.38. The van der Waals surface area contributed by atoms with Crippen molar-refractivity contribution in [3.63, 3.8) is 0 Å². The molecule has 0 N–H and O–H groups in total. The highest BCUT2D eigenvalue weighted by Crippen LogP contribution is 2.40. The van der Waals surface area contributed by atoms with Gasteiger partial charge in [0.25, 0.3) is 0 Å². The third-order valence-electron chi connectivity index (χ3n) is 5.37. The summed E-state index contributed by atoms with van der Waals surface area (Å²) >= 11 is 0. The van der Waals surface area contributed by atoms with Gasteiger partial charge in [0.05, 0.1) is 15.9 Å². The quantitative estimate of drug-likeness (QED) is 0.721. The fourth-order valence-electron chi connectivity index (χ4n) is 2.81. The van der Waals surface area contributed by atoms with Crippen LogP contribution in [-0.2, 0) is 14.3 Å². The predicted octanol–water partition coefficient (Wildman–Crippen LogP) is 4.07. The molecular weight excluding hydrogens is 350 g/mol. The summed E-state index contributed by atoms with van der Waals surface area (Å²) in [4.78, 5) is 2.79. The summed E-state index contributed by atoms with van der Waals surface area (Å²) in [5, 5.41) is 0.0928. The Morgan fingerprint density at radius 3 is 2.16 bits per heavy atom. The standard InChI is InChI=1S/C19H31NO3SSi/c1-19(2,3)25(6,7)23-15-13-17(20(4)5)18(14-15)24(21,22)16-11-9-8-10-12-16/h8-12,14-15,17H,13H2,1-7H3. The third kappa shape index (κ3) is 4.24. The van der Waals surface area contributed by atoms with Gasteiger partial charge in [-0.05, 0) is 56.9 Å². The van der Waals surface area contributed by atoms with Crippen LogP contribution in [0.5, 0.6) is 0 Å². The Bertz CT molecular complexity index is 734. The van der Waals surface area contributed by atoms with E-state index in [1.165, 1.54) is 0 Å². The molecule has 1 aliphatic rings. The molecule has 0 radical (unpaired) electrons. The first-order valence-electron chi connectivity index (χ1n) is 8.72. The molecule has 140 valence electrons. The SMILES string of the molecule is CN(C)C1CC(O[Si](C)(C)C(C)(C)C)C=C1S(=O)(=O)c1ccccc1. The second kappa shape index (κ2) is 6.99. The molecule has 1 aromatic carbocycles. The van der Waals surface area contributed by atoms with Gasteiger partial charge in [-0.3, -0.25) is 0 Å². The Morgan fingerprint density at radius 2 is 1.68 bits per heavy atom. The average molecular weight is 382 g/mol. The highest BCUT2D eigenvalue weighted by Gasteiger charge is 2.43. The van der Waals surface area contributed by atoms with Gasteiger partial charge in [0.2, 0.25) is 9.84 Å². The van der Waals surface area contributed by atoms with Crippen LogP contribution in [0.3, 0.4) is 0 Å². The largest absolute Gasteiger partial charge is 0.410 e. The minimum absolute atomic E-state index is 0.0928. The van der Waals surface area contributed by atoms with Gasteiger partial charge in [-0.1, -0.05) is 39.0 Å². The second-order valence-corrected chi connectivity index (χ2v) is 15.2. The van der Waals surface area contributed by atoms with Crippen LogP contribution in [0, 0.1) is 0 Å². The first-order valence-corrected chi connectivity index (χ1v) is 13.1. The summed E-state index contributed by atoms with van der Waals surface area (Å²) in [5.74, 6) is 0. The van der Waals surface area contributed by atoms with E-state index in [9.17, 15) is 8.42 Å². The van der Waals surface area contributed by atoms with E-state index in [0.29, 0.717) is 16.2 Å². The maximum Gasteiger partial charge on any atom is 0.204 e. The first kappa shape index (κ1) is 20.4. The summed E-state index contributed by atoms with van der Waals surface area (Å²) in [6, 6.07) is 8.51. The lowest BCUT2D eigenvalue weighted by Gasteiger charge is -2.38. The molecule has 2 atom stereocenters. The second-order valence-electron chi connectivity index (χ2n) is 8.52. The molecule has 25 heavy (non-hydrogen) atoms. The van der Waals surface area contributed by atoms with Crippen LogP contribution in [0.15, 0.2) is 46.2 Å². The molecule has 2 rings (SSSR count). The van der Waals surface area contributed by atoms with Gasteiger partial charge in [0, 0.05) is 6.04 Å². The minimum Gasteiger partial charge on any atom is -0.410 e. The molecular formula is C19H31NO3SSi. The van der Waals surface area contributed by atoms with Gasteiger partial charge in [0.1, 0.15) is 0 Å². The lowest BCUT2D eigenvalue weighted by atomic mass is 10.2. The van der Waals surface area contributed by atoms with E-state index in [2.05, 4.69) is 33.9 Å². The van der Waals surface area contributed by atoms with Gasteiger partial charge in [-0.2, -0.15) is 0 Å². The smallest absolute Gasteiger partial charge is 0.204 e. The van der Waals surface area contributed by atoms with Crippen molar-refractivity contribution in [2.24, 2.45) is 0 Å². The van der Waals surface area contributed by atoms with E-state index in [1.807, 2.05) is 31.1 Å². The van der Waals surface area contributed by atoms with Crippen LogP contribution in [-0.4, -0.2) is 47.9 Å². The molecule has 6 heteroatoms. The van der Waals surface area contributed by atoms with Crippen LogP contribution < -0.4 is 0 Å². The highest BCUT2D eigenvalue weighted by molar-refractivity contribution is 7.95. The monoisotopic (exact) mass is 381 g/mol. The maximum atomic E-state index is 13.1. The van der Waals surface area contributed by atoms with E-state index in [1.54, 1.807) is 24.3 Å². The van der Waals surface area contributed by atoms with Crippen LogP contribution in [0.1, 0.15) is 27.2 Å². The molecule has 0 bridgehead atoms. The van der Waals surface area contributed by atoms with E-state index >= 15 is 0 Å². The number of benzene rings is 1. The molecule has 0 heterocycles. The first-order chi connectivity index (χ1) is 11.4. The Morgan fingerprint density at radius 1 is 1.12 bits per heavy atom. The molecule has 0 aliphatic heterocycles. The molecule has 0 saturated carbocycles. The molecule has 0 aromatic heterocycles. The van der Waals surface area contributed by atoms with Crippen molar-refractivity contribution in [2.45, 2.75) is 62.4 Å². The lowest BCUT2D eigenvalue weighted by Crippen LogP contribution is -2.43. The summed E-state index contributed by atoms with van der Waals surface area (Å²) in [7, 11) is -1.61. The molecule has 2 unspecified atom stereocenters. The third-order valence-corrected chi connectivity index (χ3v) is 11.8. The molecule has 0 saturated heterocycles. The van der Waals surface area contributed by atoms with Crippen molar-refractivity contribution in [1.82, 2.24) is 4.90 Å². The lowest BCUT2D eigenvalue weighted by molar-refractivity contribution is 0.195. The van der Waals surface area contributed by atoms with Crippen molar-refractivity contribution < 1.29 is 12.8 Å². The molecule has 0 fully saturated rings. The van der Waals surface area contributed by atoms with Crippen molar-refractivity contribution in [3.8, 4) is 0 Å². The van der Waals surface area contributed by atoms with Crippen molar-refractivity contribution >= 4 is 18.2 Å². The maximum absolute atomic E-state index is 13.1. The fraction of sp³-hybridized carbons (Fsp3) is 0.579. The summed E-state index contributed by atoms with van der Waals surface area (Å²) < 4.78 is 32.7. The predicted molar refractivity (Wildman–Crippen MR) is 106 cm³/mol. The van der Waals surface area contributed by atoms with Crippen molar-refractivity contribution in [1.29, 1.82) is 0 Å². The number of rotatable bonds is 5. The number of hydrogen-bond donors (Lipinski definition) is 0. The number of hydrogen-bond acceptors (Lipinski definition) is 4. The molecule has 1 aliphatic carbocycles. The zero-order chi connectivity index (χ0) is 19.0. The number of likely N-dealkylation sites (N-methyl/N-ethyl adjacent to an activating group) is 1. The zero-order valence-corrected chi connectivity index (χ0v) is 18.2. The van der Waals surface area contributed by atoms with Gasteiger partial charge < -0.3 is 9.33 Å². The summed E-state index contributed by atoms with van der Waals surface area (Å²) in [6.07, 6.45) is 2.37. The van der Waals surface area contributed by atoms with Crippen LogP contribution in [0.2, 0.25) is 18.1 Å². The van der Waals surface area contributed by atoms with Crippen molar-refractivity contribution in [3.05, 3.63) is 41.3 Å². The van der Waals surface area contributed by atoms with E-state index in [0.717, 1.165) is 0 Å². The minimum atomic E-state index is -3.50. The highest BCUT2D eigenvalue weighted by atomic mass is 32.2. The zero-order valence-electron chi connectivity index (χ0n) is 16.4. The Kier molecular flexibility index (Phi) is 5.69. The van der Waals surface area contributed by atoms with E-state index in [4.69, 9.17) is 4.43 Å². The normalized spacial score (nSPS) is 22.3. The van der Waals surface area contributed by atoms with Gasteiger partial charge in [-0.25, -0.2) is 8.42 Å². The van der Waals surface area contributed by atoms with E-state index < -0.39 is 18.2 Å². The van der Waals surface area contributed by atoms with Gasteiger partial charge in [0.15, 0.2) is 8.32 Å². The Hall–Kier alpha value is -0.953. The van der Waals surface area contributed by atoms with Crippen LogP contribution in [0.4, 0.5) is 0 Å². The molecule has 4 nitrogen and oxygen atoms in total.